The average molecular weight is 424 g/mol. The monoisotopic (exact) mass is 423 g/mol. The average Bonchev–Trinajstić information content (AvgIpc) is 2.73. The second-order valence-electron chi connectivity index (χ2n) is 6.19. The molecule has 1 fully saturated rings. The van der Waals surface area contributed by atoms with Gasteiger partial charge in [-0.2, -0.15) is 5.26 Å². The van der Waals surface area contributed by atoms with E-state index in [-0.39, 0.29) is 11.8 Å². The van der Waals surface area contributed by atoms with Gasteiger partial charge in [-0.25, -0.2) is 0 Å². The third kappa shape index (κ3) is 4.83. The number of carbonyl (C=O) groups excluding carboxylic acids is 2. The van der Waals surface area contributed by atoms with E-state index in [0.717, 1.165) is 10.0 Å². The Hall–Kier alpha value is -2.91. The van der Waals surface area contributed by atoms with Gasteiger partial charge in [0.2, 0.25) is 5.91 Å². The summed E-state index contributed by atoms with van der Waals surface area (Å²) in [4.78, 5) is 28.4. The Morgan fingerprint density at radius 2 is 1.52 bits per heavy atom. The van der Waals surface area contributed by atoms with Gasteiger partial charge in [0.1, 0.15) is 0 Å². The molecule has 6 heteroatoms. The highest BCUT2D eigenvalue weighted by atomic mass is 79.9. The van der Waals surface area contributed by atoms with Crippen LogP contribution in [0, 0.1) is 11.3 Å². The molecule has 0 aliphatic carbocycles. The standard InChI is InChI=1S/C21H18BrN3O2/c22-19-8-3-16(4-9-19)5-10-20(26)24-11-13-25(14-12-24)21(27)18-6-1-17(15-23)2-7-18/h1-10H,11-14H2/b10-5+. The highest BCUT2D eigenvalue weighted by Gasteiger charge is 2.23. The van der Waals surface area contributed by atoms with Crippen molar-refractivity contribution in [2.24, 2.45) is 0 Å². The SMILES string of the molecule is N#Cc1ccc(C(=O)N2CCN(C(=O)/C=C/c3ccc(Br)cc3)CC2)cc1. The van der Waals surface area contributed by atoms with E-state index in [4.69, 9.17) is 5.26 Å². The van der Waals surface area contributed by atoms with Gasteiger partial charge in [0.15, 0.2) is 0 Å². The number of nitrogens with zero attached hydrogens (tertiary/aromatic N) is 3. The summed E-state index contributed by atoms with van der Waals surface area (Å²) in [6, 6.07) is 16.4. The second-order valence-corrected chi connectivity index (χ2v) is 7.11. The van der Waals surface area contributed by atoms with Crippen molar-refractivity contribution in [3.05, 3.63) is 75.8 Å². The molecule has 0 unspecified atom stereocenters. The van der Waals surface area contributed by atoms with Crippen molar-refractivity contribution in [2.75, 3.05) is 26.2 Å². The third-order valence-corrected chi connectivity index (χ3v) is 4.96. The van der Waals surface area contributed by atoms with E-state index < -0.39 is 0 Å². The fraction of sp³-hybridized carbons (Fsp3) is 0.190. The van der Waals surface area contributed by atoms with Gasteiger partial charge in [0.05, 0.1) is 11.6 Å². The van der Waals surface area contributed by atoms with Crippen molar-refractivity contribution in [2.45, 2.75) is 0 Å². The summed E-state index contributed by atoms with van der Waals surface area (Å²) in [6.45, 7) is 2.00. The number of carbonyl (C=O) groups is 2. The number of piperazine rings is 1. The molecule has 1 saturated heterocycles. The normalized spacial score (nSPS) is 14.2. The zero-order valence-corrected chi connectivity index (χ0v) is 16.2. The lowest BCUT2D eigenvalue weighted by atomic mass is 10.1. The molecule has 5 nitrogen and oxygen atoms in total. The number of halogens is 1. The Morgan fingerprint density at radius 1 is 0.926 bits per heavy atom. The predicted octanol–water partition coefficient (Wildman–Crippen LogP) is 3.32. The maximum Gasteiger partial charge on any atom is 0.253 e. The Labute approximate surface area is 166 Å². The summed E-state index contributed by atoms with van der Waals surface area (Å²) in [7, 11) is 0. The molecule has 3 rings (SSSR count). The minimum absolute atomic E-state index is 0.0524. The Bertz CT molecular complexity index is 891. The summed E-state index contributed by atoms with van der Waals surface area (Å²) >= 11 is 3.38. The van der Waals surface area contributed by atoms with Gasteiger partial charge in [0, 0.05) is 42.3 Å². The number of rotatable bonds is 3. The van der Waals surface area contributed by atoms with Gasteiger partial charge in [-0.15, -0.1) is 0 Å². The zero-order valence-electron chi connectivity index (χ0n) is 14.6. The molecule has 1 heterocycles. The number of amides is 2. The van der Waals surface area contributed by atoms with Crippen molar-refractivity contribution in [3.63, 3.8) is 0 Å². The van der Waals surface area contributed by atoms with E-state index in [0.29, 0.717) is 37.3 Å². The van der Waals surface area contributed by atoms with E-state index in [2.05, 4.69) is 15.9 Å². The van der Waals surface area contributed by atoms with Gasteiger partial charge in [0.25, 0.3) is 5.91 Å². The van der Waals surface area contributed by atoms with Gasteiger partial charge in [-0.1, -0.05) is 28.1 Å². The summed E-state index contributed by atoms with van der Waals surface area (Å²) in [5, 5.41) is 8.84. The van der Waals surface area contributed by atoms with E-state index in [1.807, 2.05) is 30.3 Å². The van der Waals surface area contributed by atoms with Crippen molar-refractivity contribution in [1.29, 1.82) is 5.26 Å². The molecule has 2 aromatic carbocycles. The van der Waals surface area contributed by atoms with Crippen LogP contribution in [0.4, 0.5) is 0 Å². The molecule has 0 spiro atoms. The lowest BCUT2D eigenvalue weighted by Crippen LogP contribution is -2.50. The fourth-order valence-corrected chi connectivity index (χ4v) is 3.11. The molecular weight excluding hydrogens is 406 g/mol. The second kappa shape index (κ2) is 8.65. The van der Waals surface area contributed by atoms with Crippen LogP contribution < -0.4 is 0 Å². The van der Waals surface area contributed by atoms with Gasteiger partial charge < -0.3 is 9.80 Å². The number of hydrogen-bond donors (Lipinski definition) is 0. The van der Waals surface area contributed by atoms with Gasteiger partial charge in [-0.05, 0) is 48.0 Å². The first-order chi connectivity index (χ1) is 13.1. The minimum atomic E-state index is -0.0722. The zero-order chi connectivity index (χ0) is 19.2. The van der Waals surface area contributed by atoms with Crippen LogP contribution in [0.3, 0.4) is 0 Å². The molecule has 0 saturated carbocycles. The van der Waals surface area contributed by atoms with Crippen LogP contribution in [0.15, 0.2) is 59.1 Å². The van der Waals surface area contributed by atoms with Crippen LogP contribution in [0.25, 0.3) is 6.08 Å². The first-order valence-electron chi connectivity index (χ1n) is 8.59. The Balaban J connectivity index is 1.54. The third-order valence-electron chi connectivity index (χ3n) is 4.43. The van der Waals surface area contributed by atoms with Crippen molar-refractivity contribution >= 4 is 33.8 Å². The topological polar surface area (TPSA) is 64.4 Å². The number of benzene rings is 2. The first kappa shape index (κ1) is 18.9. The summed E-state index contributed by atoms with van der Waals surface area (Å²) in [5.41, 5.74) is 2.05. The molecule has 1 aliphatic heterocycles. The fourth-order valence-electron chi connectivity index (χ4n) is 2.85. The maximum atomic E-state index is 12.5. The van der Waals surface area contributed by atoms with Crippen LogP contribution in [0.2, 0.25) is 0 Å². The molecule has 0 atom stereocenters. The van der Waals surface area contributed by atoms with E-state index in [9.17, 15) is 9.59 Å². The molecule has 0 bridgehead atoms. The van der Waals surface area contributed by atoms with Crippen molar-refractivity contribution in [3.8, 4) is 6.07 Å². The van der Waals surface area contributed by atoms with Crippen LogP contribution >= 0.6 is 15.9 Å². The van der Waals surface area contributed by atoms with Crippen LogP contribution in [-0.2, 0) is 4.79 Å². The summed E-state index contributed by atoms with van der Waals surface area (Å²) in [6.07, 6.45) is 3.37. The smallest absolute Gasteiger partial charge is 0.253 e. The summed E-state index contributed by atoms with van der Waals surface area (Å²) < 4.78 is 0.994. The molecular formula is C21H18BrN3O2. The molecule has 0 N–H and O–H groups in total. The molecule has 27 heavy (non-hydrogen) atoms. The first-order valence-corrected chi connectivity index (χ1v) is 9.38. The number of nitriles is 1. The Kier molecular flexibility index (Phi) is 6.05. The van der Waals surface area contributed by atoms with Gasteiger partial charge in [-0.3, -0.25) is 9.59 Å². The quantitative estimate of drug-likeness (QED) is 0.711. The predicted molar refractivity (Wildman–Crippen MR) is 107 cm³/mol. The maximum absolute atomic E-state index is 12.5. The molecule has 1 aliphatic rings. The van der Waals surface area contributed by atoms with E-state index in [1.54, 1.807) is 46.2 Å². The van der Waals surface area contributed by atoms with Crippen molar-refractivity contribution < 1.29 is 9.59 Å². The lowest BCUT2D eigenvalue weighted by molar-refractivity contribution is -0.127. The largest absolute Gasteiger partial charge is 0.336 e. The van der Waals surface area contributed by atoms with E-state index in [1.165, 1.54) is 0 Å². The molecule has 0 radical (unpaired) electrons. The highest BCUT2D eigenvalue weighted by molar-refractivity contribution is 9.10. The highest BCUT2D eigenvalue weighted by Crippen LogP contribution is 2.13. The lowest BCUT2D eigenvalue weighted by Gasteiger charge is -2.34. The minimum Gasteiger partial charge on any atom is -0.336 e. The van der Waals surface area contributed by atoms with Gasteiger partial charge >= 0.3 is 0 Å². The molecule has 2 aromatic rings. The molecule has 0 aromatic heterocycles. The van der Waals surface area contributed by atoms with Crippen LogP contribution in [0.1, 0.15) is 21.5 Å². The summed E-state index contributed by atoms with van der Waals surface area (Å²) in [5.74, 6) is -0.125. The van der Waals surface area contributed by atoms with Crippen LogP contribution in [-0.4, -0.2) is 47.8 Å². The van der Waals surface area contributed by atoms with Crippen molar-refractivity contribution in [1.82, 2.24) is 9.80 Å². The van der Waals surface area contributed by atoms with E-state index >= 15 is 0 Å². The molecule has 2 amide bonds. The Morgan fingerprint density at radius 3 is 2.11 bits per heavy atom. The van der Waals surface area contributed by atoms with Crippen LogP contribution in [0.5, 0.6) is 0 Å². The molecule has 136 valence electrons. The number of hydrogen-bond acceptors (Lipinski definition) is 3.